The smallest absolute Gasteiger partial charge is 0.339 e. The summed E-state index contributed by atoms with van der Waals surface area (Å²) in [5.74, 6) is -9.82. The molecular weight excluding hydrogens is 548 g/mol. The van der Waals surface area contributed by atoms with E-state index in [1.54, 1.807) is 12.1 Å². The lowest BCUT2D eigenvalue weighted by Gasteiger charge is -2.07. The number of carbonyl (C=O) groups is 7. The zero-order valence-electron chi connectivity index (χ0n) is 19.8. The molecule has 17 heteroatoms. The molecule has 2 rings (SSSR count). The number of hydrogen-bond donors (Lipinski definition) is 10. The van der Waals surface area contributed by atoms with Gasteiger partial charge in [0.15, 0.2) is 12.2 Å². The van der Waals surface area contributed by atoms with Crippen molar-refractivity contribution in [1.29, 1.82) is 0 Å². The second kappa shape index (κ2) is 18.4. The molecule has 0 aliphatic carbocycles. The molecule has 2 unspecified atom stereocenters. The van der Waals surface area contributed by atoms with Gasteiger partial charge in [0.2, 0.25) is 0 Å². The van der Waals surface area contributed by atoms with Crippen LogP contribution in [0, 0.1) is 0 Å². The van der Waals surface area contributed by atoms with Gasteiger partial charge < -0.3 is 51.1 Å². The van der Waals surface area contributed by atoms with E-state index in [4.69, 9.17) is 51.1 Å². The Kier molecular flexibility index (Phi) is 16.8. The van der Waals surface area contributed by atoms with Gasteiger partial charge in [-0.15, -0.1) is 0 Å². The van der Waals surface area contributed by atoms with E-state index in [1.165, 1.54) is 36.4 Å². The van der Waals surface area contributed by atoms with E-state index in [-0.39, 0.29) is 22.4 Å². The number of aliphatic carboxylic acids is 4. The maximum absolute atomic E-state index is 10.5. The molecule has 0 heterocycles. The molecule has 2 atom stereocenters. The number of benzene rings is 2. The highest BCUT2D eigenvalue weighted by Gasteiger charge is 2.29. The van der Waals surface area contributed by atoms with Crippen molar-refractivity contribution < 1.29 is 84.6 Å². The normalized spacial score (nSPS) is 10.9. The number of rotatable bonds is 8. The van der Waals surface area contributed by atoms with E-state index >= 15 is 0 Å². The minimum absolute atomic E-state index is 0.0671. The van der Waals surface area contributed by atoms with E-state index in [9.17, 15) is 33.6 Å². The quantitative estimate of drug-likeness (QED) is 0.183. The fourth-order valence-electron chi connectivity index (χ4n) is 1.92. The second-order valence-corrected chi connectivity index (χ2v) is 6.55. The minimum atomic E-state index is -2.27. The molecule has 17 nitrogen and oxygen atoms in total. The summed E-state index contributed by atoms with van der Waals surface area (Å²) in [6, 6.07) is 11.3. The molecule has 0 saturated carbocycles. The standard InChI is InChI=1S/C8H6O4.C7H6O3.C4H6O6.C4H4O4/c9-7(10)5-3-1-2-4-6(5)8(11)12;8-6-4-2-1-3-5(6)7(9)10;5-1(3(7)8)2(6)4(9)10;5-3(6)1-2-4(7)8/h1-4H,(H,9,10)(H,11,12);1-4,8H,(H,9,10);1-2,5-6H,(H,7,8)(H,9,10);1-2H,(H,5,6)(H,7,8)/b;;;2-1-. The van der Waals surface area contributed by atoms with Gasteiger partial charge in [-0.05, 0) is 24.3 Å². The number of para-hydroxylation sites is 1. The molecular formula is C23H22O17. The van der Waals surface area contributed by atoms with Gasteiger partial charge in [-0.2, -0.15) is 0 Å². The first kappa shape index (κ1) is 36.3. The number of phenols is 1. The van der Waals surface area contributed by atoms with Crippen LogP contribution in [0.4, 0.5) is 0 Å². The molecule has 0 spiro atoms. The molecule has 10 N–H and O–H groups in total. The third kappa shape index (κ3) is 15.3. The summed E-state index contributed by atoms with van der Waals surface area (Å²) in [6.45, 7) is 0. The zero-order chi connectivity index (χ0) is 31.6. The highest BCUT2D eigenvalue weighted by atomic mass is 16.4. The number of aliphatic hydroxyl groups is 2. The Morgan fingerprint density at radius 3 is 0.975 bits per heavy atom. The number of carboxylic acid groups (broad SMARTS) is 7. The average Bonchev–Trinajstić information content (AvgIpc) is 2.87. The predicted octanol–water partition coefficient (Wildman–Crippen LogP) is -0.237. The summed E-state index contributed by atoms with van der Waals surface area (Å²) in [5, 5.41) is 82.6. The van der Waals surface area contributed by atoms with Crippen molar-refractivity contribution in [2.75, 3.05) is 0 Å². The summed E-state index contributed by atoms with van der Waals surface area (Å²) in [6.07, 6.45) is -3.42. The van der Waals surface area contributed by atoms with Crippen molar-refractivity contribution in [3.05, 3.63) is 77.4 Å². The van der Waals surface area contributed by atoms with Gasteiger partial charge in [0.1, 0.15) is 11.3 Å². The fraction of sp³-hybridized carbons (Fsp3) is 0.0870. The molecule has 40 heavy (non-hydrogen) atoms. The number of aromatic hydroxyl groups is 1. The maximum atomic E-state index is 10.5. The molecule has 216 valence electrons. The fourth-order valence-corrected chi connectivity index (χ4v) is 1.92. The van der Waals surface area contributed by atoms with Crippen LogP contribution >= 0.6 is 0 Å². The molecule has 0 radical (unpaired) electrons. The van der Waals surface area contributed by atoms with E-state index < -0.39 is 54.0 Å². The van der Waals surface area contributed by atoms with Gasteiger partial charge in [0.25, 0.3) is 0 Å². The highest BCUT2D eigenvalue weighted by Crippen LogP contribution is 2.14. The van der Waals surface area contributed by atoms with Crippen molar-refractivity contribution in [3.63, 3.8) is 0 Å². The number of aliphatic hydroxyl groups excluding tert-OH is 2. The Morgan fingerprint density at radius 1 is 0.500 bits per heavy atom. The van der Waals surface area contributed by atoms with Gasteiger partial charge in [0, 0.05) is 12.2 Å². The summed E-state index contributed by atoms with van der Waals surface area (Å²) in [7, 11) is 0. The van der Waals surface area contributed by atoms with Crippen LogP contribution in [0.25, 0.3) is 0 Å². The highest BCUT2D eigenvalue weighted by molar-refractivity contribution is 6.01. The molecule has 0 fully saturated rings. The molecule has 0 saturated heterocycles. The number of aromatic carboxylic acids is 3. The monoisotopic (exact) mass is 570 g/mol. The first-order chi connectivity index (χ1) is 18.4. The van der Waals surface area contributed by atoms with E-state index in [2.05, 4.69) is 0 Å². The van der Waals surface area contributed by atoms with Crippen LogP contribution in [0.1, 0.15) is 31.1 Å². The van der Waals surface area contributed by atoms with Gasteiger partial charge in [-0.1, -0.05) is 24.3 Å². The molecule has 0 aromatic heterocycles. The Hall–Kier alpha value is -5.81. The number of hydrogen-bond acceptors (Lipinski definition) is 10. The SMILES string of the molecule is O=C(O)/C=C\C(=O)O.O=C(O)C(O)C(O)C(=O)O.O=C(O)c1ccccc1C(=O)O.O=C(O)c1ccccc1O. The Morgan fingerprint density at radius 2 is 0.775 bits per heavy atom. The summed E-state index contributed by atoms with van der Waals surface area (Å²) in [4.78, 5) is 69.8. The van der Waals surface area contributed by atoms with Gasteiger partial charge in [0.05, 0.1) is 11.1 Å². The van der Waals surface area contributed by atoms with Crippen LogP contribution in [0.3, 0.4) is 0 Å². The van der Waals surface area contributed by atoms with Crippen LogP contribution in [-0.2, 0) is 19.2 Å². The van der Waals surface area contributed by atoms with E-state index in [0.29, 0.717) is 12.2 Å². The summed E-state index contributed by atoms with van der Waals surface area (Å²) < 4.78 is 0. The van der Waals surface area contributed by atoms with Crippen LogP contribution in [0.5, 0.6) is 5.75 Å². The molecule has 0 amide bonds. The Balaban J connectivity index is 0. The van der Waals surface area contributed by atoms with Crippen molar-refractivity contribution in [2.24, 2.45) is 0 Å². The van der Waals surface area contributed by atoms with Crippen LogP contribution in [0.2, 0.25) is 0 Å². The lowest BCUT2D eigenvalue weighted by Crippen LogP contribution is -2.39. The summed E-state index contributed by atoms with van der Waals surface area (Å²) in [5.41, 5.74) is -0.447. The third-order valence-electron chi connectivity index (χ3n) is 3.70. The second-order valence-electron chi connectivity index (χ2n) is 6.55. The van der Waals surface area contributed by atoms with E-state index in [0.717, 1.165) is 0 Å². The molecule has 0 bridgehead atoms. The Labute approximate surface area is 222 Å². The zero-order valence-corrected chi connectivity index (χ0v) is 19.8. The lowest BCUT2D eigenvalue weighted by molar-refractivity contribution is -0.165. The molecule has 2 aromatic carbocycles. The van der Waals surface area contributed by atoms with Gasteiger partial charge in [-0.3, -0.25) is 0 Å². The van der Waals surface area contributed by atoms with Gasteiger partial charge >= 0.3 is 41.8 Å². The minimum Gasteiger partial charge on any atom is -0.507 e. The first-order valence-electron chi connectivity index (χ1n) is 9.96. The van der Waals surface area contributed by atoms with Crippen molar-refractivity contribution in [3.8, 4) is 5.75 Å². The lowest BCUT2D eigenvalue weighted by atomic mass is 10.1. The van der Waals surface area contributed by atoms with Crippen molar-refractivity contribution in [1.82, 2.24) is 0 Å². The Bertz CT molecular complexity index is 1180. The molecule has 0 aliphatic rings. The van der Waals surface area contributed by atoms with E-state index in [1.807, 2.05) is 0 Å². The topological polar surface area (TPSA) is 322 Å². The largest absolute Gasteiger partial charge is 0.507 e. The first-order valence-corrected chi connectivity index (χ1v) is 9.96. The van der Waals surface area contributed by atoms with Crippen molar-refractivity contribution >= 4 is 41.8 Å². The van der Waals surface area contributed by atoms with Gasteiger partial charge in [-0.25, -0.2) is 33.6 Å². The van der Waals surface area contributed by atoms with Crippen LogP contribution in [0.15, 0.2) is 60.7 Å². The maximum Gasteiger partial charge on any atom is 0.339 e. The van der Waals surface area contributed by atoms with Crippen molar-refractivity contribution in [2.45, 2.75) is 12.2 Å². The average molecular weight is 570 g/mol. The van der Waals surface area contributed by atoms with Crippen LogP contribution < -0.4 is 0 Å². The third-order valence-corrected chi connectivity index (χ3v) is 3.70. The number of carboxylic acids is 7. The summed E-state index contributed by atoms with van der Waals surface area (Å²) >= 11 is 0. The predicted molar refractivity (Wildman–Crippen MR) is 127 cm³/mol. The molecule has 2 aromatic rings. The van der Waals surface area contributed by atoms with Crippen LogP contribution in [-0.4, -0.2) is 105 Å². The molecule has 0 aliphatic heterocycles.